The van der Waals surface area contributed by atoms with Gasteiger partial charge in [0.05, 0.1) is 29.8 Å². The van der Waals surface area contributed by atoms with Crippen LogP contribution in [-0.4, -0.2) is 23.0 Å². The fourth-order valence-corrected chi connectivity index (χ4v) is 3.51. The molecule has 3 N–H and O–H groups in total. The highest BCUT2D eigenvalue weighted by atomic mass is 16.5. The lowest BCUT2D eigenvalue weighted by molar-refractivity contribution is -0.119. The highest BCUT2D eigenvalue weighted by Gasteiger charge is 2.24. The summed E-state index contributed by atoms with van der Waals surface area (Å²) in [6.07, 6.45) is 2.25. The molecule has 2 aromatic carbocycles. The van der Waals surface area contributed by atoms with Crippen LogP contribution in [0.3, 0.4) is 0 Å². The van der Waals surface area contributed by atoms with Crippen molar-refractivity contribution in [2.45, 2.75) is 19.3 Å². The minimum absolute atomic E-state index is 0.383. The molecular weight excluding hydrogens is 338 g/mol. The standard InChI is InChI=1S/C22H21N3O2/c1-13-3-5-14(6-4-13)11-18(22(23)26)20-21-17(9-10-24-20)16-8-7-15(27-2)12-19(16)25-21/h3-10,12,18,25H,11H2,1-2H3,(H2,23,26). The minimum Gasteiger partial charge on any atom is -0.497 e. The Hall–Kier alpha value is -3.34. The smallest absolute Gasteiger partial charge is 0.226 e. The number of nitrogens with two attached hydrogens (primary N) is 1. The van der Waals surface area contributed by atoms with Crippen LogP contribution in [0.2, 0.25) is 0 Å². The number of H-pyrrole nitrogens is 1. The summed E-state index contributed by atoms with van der Waals surface area (Å²) in [5, 5.41) is 2.08. The van der Waals surface area contributed by atoms with E-state index in [-0.39, 0.29) is 5.91 Å². The number of methoxy groups -OCH3 is 1. The van der Waals surface area contributed by atoms with Crippen molar-refractivity contribution in [3.63, 3.8) is 0 Å². The van der Waals surface area contributed by atoms with Gasteiger partial charge in [-0.1, -0.05) is 29.8 Å². The van der Waals surface area contributed by atoms with Gasteiger partial charge in [0.2, 0.25) is 5.91 Å². The zero-order chi connectivity index (χ0) is 19.0. The van der Waals surface area contributed by atoms with Crippen LogP contribution >= 0.6 is 0 Å². The summed E-state index contributed by atoms with van der Waals surface area (Å²) in [5.41, 5.74) is 10.5. The number of benzene rings is 2. The number of fused-ring (bicyclic) bond motifs is 3. The monoisotopic (exact) mass is 359 g/mol. The van der Waals surface area contributed by atoms with Crippen LogP contribution < -0.4 is 10.5 Å². The number of carbonyl (C=O) groups is 1. The number of aryl methyl sites for hydroxylation is 1. The Morgan fingerprint density at radius 2 is 1.93 bits per heavy atom. The number of amides is 1. The van der Waals surface area contributed by atoms with Gasteiger partial charge < -0.3 is 15.5 Å². The lowest BCUT2D eigenvalue weighted by atomic mass is 9.93. The topological polar surface area (TPSA) is 81.0 Å². The van der Waals surface area contributed by atoms with Crippen LogP contribution in [0.4, 0.5) is 0 Å². The molecule has 136 valence electrons. The van der Waals surface area contributed by atoms with E-state index in [0.29, 0.717) is 12.1 Å². The number of aromatic nitrogens is 2. The zero-order valence-electron chi connectivity index (χ0n) is 15.3. The van der Waals surface area contributed by atoms with E-state index in [4.69, 9.17) is 10.5 Å². The van der Waals surface area contributed by atoms with Crippen LogP contribution in [0.1, 0.15) is 22.7 Å². The molecule has 0 saturated carbocycles. The van der Waals surface area contributed by atoms with Gasteiger partial charge in [-0.25, -0.2) is 0 Å². The predicted octanol–water partition coefficient (Wildman–Crippen LogP) is 3.84. The summed E-state index contributed by atoms with van der Waals surface area (Å²) in [5.74, 6) is -0.118. The van der Waals surface area contributed by atoms with E-state index in [9.17, 15) is 4.79 Å². The van der Waals surface area contributed by atoms with Crippen LogP contribution in [0.25, 0.3) is 21.8 Å². The van der Waals surface area contributed by atoms with Crippen LogP contribution in [-0.2, 0) is 11.2 Å². The average molecular weight is 359 g/mol. The molecule has 4 aromatic rings. The first-order chi connectivity index (χ1) is 13.1. The number of carbonyl (C=O) groups excluding carboxylic acids is 1. The summed E-state index contributed by atoms with van der Waals surface area (Å²) < 4.78 is 5.31. The molecule has 2 heterocycles. The molecule has 4 rings (SSSR count). The third-order valence-corrected chi connectivity index (χ3v) is 4.99. The lowest BCUT2D eigenvalue weighted by Gasteiger charge is -2.14. The number of aromatic amines is 1. The quantitative estimate of drug-likeness (QED) is 0.568. The second kappa shape index (κ2) is 6.76. The highest BCUT2D eigenvalue weighted by Crippen LogP contribution is 2.32. The molecule has 5 nitrogen and oxygen atoms in total. The average Bonchev–Trinajstić information content (AvgIpc) is 3.05. The Morgan fingerprint density at radius 3 is 2.63 bits per heavy atom. The first-order valence-electron chi connectivity index (χ1n) is 8.86. The molecule has 0 aliphatic rings. The van der Waals surface area contributed by atoms with Crippen LogP contribution in [0.15, 0.2) is 54.7 Å². The number of hydrogen-bond acceptors (Lipinski definition) is 3. The molecule has 1 amide bonds. The second-order valence-corrected chi connectivity index (χ2v) is 6.80. The van der Waals surface area contributed by atoms with Gasteiger partial charge in [0.25, 0.3) is 0 Å². The largest absolute Gasteiger partial charge is 0.497 e. The Kier molecular flexibility index (Phi) is 4.28. The van der Waals surface area contributed by atoms with Gasteiger partial charge in [-0.05, 0) is 37.1 Å². The van der Waals surface area contributed by atoms with E-state index in [1.54, 1.807) is 13.3 Å². The Balaban J connectivity index is 1.84. The van der Waals surface area contributed by atoms with Gasteiger partial charge in [-0.2, -0.15) is 0 Å². The van der Waals surface area contributed by atoms with Crippen molar-refractivity contribution in [1.82, 2.24) is 9.97 Å². The van der Waals surface area contributed by atoms with Gasteiger partial charge in [0.15, 0.2) is 0 Å². The predicted molar refractivity (Wildman–Crippen MR) is 107 cm³/mol. The SMILES string of the molecule is COc1ccc2c(c1)[nH]c1c(C(Cc3ccc(C)cc3)C(N)=O)nccc12. The van der Waals surface area contributed by atoms with Crippen LogP contribution in [0, 0.1) is 6.92 Å². The van der Waals surface area contributed by atoms with Crippen molar-refractivity contribution < 1.29 is 9.53 Å². The molecule has 0 saturated heterocycles. The second-order valence-electron chi connectivity index (χ2n) is 6.80. The first kappa shape index (κ1) is 17.1. The Bertz CT molecular complexity index is 1130. The molecule has 0 fully saturated rings. The van der Waals surface area contributed by atoms with E-state index in [1.165, 1.54) is 5.56 Å². The number of nitrogens with one attached hydrogen (secondary N) is 1. The van der Waals surface area contributed by atoms with E-state index in [2.05, 4.69) is 9.97 Å². The number of rotatable bonds is 5. The third-order valence-electron chi connectivity index (χ3n) is 4.99. The molecule has 5 heteroatoms. The van der Waals surface area contributed by atoms with Crippen molar-refractivity contribution in [1.29, 1.82) is 0 Å². The van der Waals surface area contributed by atoms with E-state index >= 15 is 0 Å². The van der Waals surface area contributed by atoms with Crippen molar-refractivity contribution in [3.8, 4) is 5.75 Å². The highest BCUT2D eigenvalue weighted by molar-refractivity contribution is 6.09. The molecule has 27 heavy (non-hydrogen) atoms. The molecule has 2 aromatic heterocycles. The van der Waals surface area contributed by atoms with Gasteiger partial charge in [-0.3, -0.25) is 9.78 Å². The fraction of sp³-hybridized carbons (Fsp3) is 0.182. The van der Waals surface area contributed by atoms with E-state index in [0.717, 1.165) is 33.1 Å². The summed E-state index contributed by atoms with van der Waals surface area (Å²) in [7, 11) is 1.64. The van der Waals surface area contributed by atoms with Crippen LogP contribution in [0.5, 0.6) is 5.75 Å². The number of nitrogens with zero attached hydrogens (tertiary/aromatic N) is 1. The molecule has 0 aliphatic carbocycles. The number of pyridine rings is 1. The van der Waals surface area contributed by atoms with Crippen molar-refractivity contribution >= 4 is 27.7 Å². The summed E-state index contributed by atoms with van der Waals surface area (Å²) >= 11 is 0. The fourth-order valence-electron chi connectivity index (χ4n) is 3.51. The normalized spacial score (nSPS) is 12.4. The summed E-state index contributed by atoms with van der Waals surface area (Å²) in [6, 6.07) is 16.0. The van der Waals surface area contributed by atoms with Crippen molar-refractivity contribution in [2.75, 3.05) is 7.11 Å². The third kappa shape index (κ3) is 3.12. The number of primary amides is 1. The van der Waals surface area contributed by atoms with Gasteiger partial charge in [0.1, 0.15) is 5.75 Å². The maximum Gasteiger partial charge on any atom is 0.226 e. The Labute approximate surface area is 157 Å². The van der Waals surface area contributed by atoms with Gasteiger partial charge >= 0.3 is 0 Å². The maximum atomic E-state index is 12.3. The molecule has 0 radical (unpaired) electrons. The van der Waals surface area contributed by atoms with Gasteiger partial charge in [0, 0.05) is 23.0 Å². The summed E-state index contributed by atoms with van der Waals surface area (Å²) in [6.45, 7) is 2.04. The van der Waals surface area contributed by atoms with Crippen molar-refractivity contribution in [3.05, 3.63) is 71.5 Å². The van der Waals surface area contributed by atoms with E-state index in [1.807, 2.05) is 55.5 Å². The summed E-state index contributed by atoms with van der Waals surface area (Å²) in [4.78, 5) is 20.2. The molecule has 0 aliphatic heterocycles. The minimum atomic E-state index is -0.508. The first-order valence-corrected chi connectivity index (χ1v) is 8.86. The molecular formula is C22H21N3O2. The number of ether oxygens (including phenoxy) is 1. The zero-order valence-corrected chi connectivity index (χ0v) is 15.3. The van der Waals surface area contributed by atoms with Crippen molar-refractivity contribution in [2.24, 2.45) is 5.73 Å². The molecule has 0 spiro atoms. The number of hydrogen-bond donors (Lipinski definition) is 2. The van der Waals surface area contributed by atoms with Gasteiger partial charge in [-0.15, -0.1) is 0 Å². The Morgan fingerprint density at radius 1 is 1.15 bits per heavy atom. The molecule has 1 unspecified atom stereocenters. The lowest BCUT2D eigenvalue weighted by Crippen LogP contribution is -2.24. The maximum absolute atomic E-state index is 12.3. The molecule has 1 atom stereocenters. The van der Waals surface area contributed by atoms with E-state index < -0.39 is 5.92 Å². The molecule has 0 bridgehead atoms.